The Kier molecular flexibility index (Phi) is 6.54. The number of benzene rings is 2. The van der Waals surface area contributed by atoms with Crippen molar-refractivity contribution in [2.45, 2.75) is 45.9 Å². The summed E-state index contributed by atoms with van der Waals surface area (Å²) in [6, 6.07) is 21.8. The lowest BCUT2D eigenvalue weighted by Gasteiger charge is -2.29. The number of rotatable bonds is 9. The largest absolute Gasteiger partial charge is 0.468 e. The molecule has 0 fully saturated rings. The number of pyridine rings is 1. The summed E-state index contributed by atoms with van der Waals surface area (Å²) < 4.78 is 7.51. The Labute approximate surface area is 203 Å². The molecule has 8 nitrogen and oxygen atoms in total. The molecule has 5 rings (SSSR count). The average molecular weight is 469 g/mol. The van der Waals surface area contributed by atoms with Crippen molar-refractivity contribution in [3.05, 3.63) is 112 Å². The van der Waals surface area contributed by atoms with Gasteiger partial charge in [-0.05, 0) is 58.5 Å². The van der Waals surface area contributed by atoms with Crippen molar-refractivity contribution in [2.24, 2.45) is 0 Å². The minimum absolute atomic E-state index is 0.0880. The van der Waals surface area contributed by atoms with E-state index in [4.69, 9.17) is 4.42 Å². The molecule has 1 atom stereocenters. The van der Waals surface area contributed by atoms with Gasteiger partial charge in [-0.3, -0.25) is 9.69 Å². The van der Waals surface area contributed by atoms with Crippen LogP contribution in [0.3, 0.4) is 0 Å². The number of nitrogens with one attached hydrogen (secondary N) is 1. The highest BCUT2D eigenvalue weighted by atomic mass is 16.3. The second-order valence-corrected chi connectivity index (χ2v) is 8.75. The first-order valence-corrected chi connectivity index (χ1v) is 11.8. The number of tetrazole rings is 1. The fourth-order valence-electron chi connectivity index (χ4n) is 4.57. The molecule has 0 saturated carbocycles. The fraction of sp³-hybridized carbons (Fsp3) is 0.259. The maximum absolute atomic E-state index is 13.1. The van der Waals surface area contributed by atoms with Crippen LogP contribution in [0.1, 0.15) is 47.7 Å². The van der Waals surface area contributed by atoms with E-state index >= 15 is 0 Å². The molecule has 0 bridgehead atoms. The third kappa shape index (κ3) is 4.93. The number of aryl methyl sites for hydroxylation is 1. The second kappa shape index (κ2) is 10.1. The number of aromatic amines is 1. The average Bonchev–Trinajstić information content (AvgIpc) is 3.54. The molecule has 2 aromatic carbocycles. The first kappa shape index (κ1) is 22.7. The van der Waals surface area contributed by atoms with E-state index in [0.717, 1.165) is 40.0 Å². The monoisotopic (exact) mass is 468 g/mol. The molecule has 0 spiro atoms. The zero-order valence-corrected chi connectivity index (χ0v) is 19.9. The van der Waals surface area contributed by atoms with Crippen LogP contribution >= 0.6 is 0 Å². The Hall–Kier alpha value is -4.04. The fourth-order valence-corrected chi connectivity index (χ4v) is 4.57. The second-order valence-electron chi connectivity index (χ2n) is 8.75. The van der Waals surface area contributed by atoms with Crippen molar-refractivity contribution in [3.63, 3.8) is 0 Å². The van der Waals surface area contributed by atoms with E-state index in [1.165, 1.54) is 0 Å². The lowest BCUT2D eigenvalue weighted by Crippen LogP contribution is -2.32. The molecule has 0 radical (unpaired) electrons. The number of para-hydroxylation sites is 1. The smallest absolute Gasteiger partial charge is 0.252 e. The zero-order chi connectivity index (χ0) is 24.2. The lowest BCUT2D eigenvalue weighted by atomic mass is 10.1. The number of hydrogen-bond donors (Lipinski definition) is 1. The van der Waals surface area contributed by atoms with Gasteiger partial charge >= 0.3 is 0 Å². The Bertz CT molecular complexity index is 1460. The summed E-state index contributed by atoms with van der Waals surface area (Å²) in [5.41, 5.74) is 3.64. The molecule has 178 valence electrons. The Morgan fingerprint density at radius 2 is 1.91 bits per heavy atom. The summed E-state index contributed by atoms with van der Waals surface area (Å²) in [5.74, 6) is 1.58. The van der Waals surface area contributed by atoms with Crippen molar-refractivity contribution in [1.82, 2.24) is 30.1 Å². The van der Waals surface area contributed by atoms with Crippen LogP contribution in [0.5, 0.6) is 0 Å². The van der Waals surface area contributed by atoms with Gasteiger partial charge in [-0.25, -0.2) is 4.68 Å². The van der Waals surface area contributed by atoms with Gasteiger partial charge in [-0.1, -0.05) is 55.5 Å². The first-order valence-electron chi connectivity index (χ1n) is 11.8. The molecule has 3 aromatic heterocycles. The standard InChI is InChI=1S/C27H28N6O2/c1-3-24(26-29-30-31-33(26)16-20-10-5-4-6-11-20)32(18-23-13-8-14-35-23)17-22-15-21-12-7-9-19(2)25(21)28-27(22)34/h4-15,24H,3,16-18H2,1-2H3,(H,28,34). The molecule has 1 unspecified atom stereocenters. The van der Waals surface area contributed by atoms with Crippen LogP contribution in [0.25, 0.3) is 10.9 Å². The molecular weight excluding hydrogens is 440 g/mol. The normalized spacial score (nSPS) is 12.4. The van der Waals surface area contributed by atoms with E-state index in [1.807, 2.05) is 66.2 Å². The molecule has 5 aromatic rings. The topological polar surface area (TPSA) is 92.8 Å². The minimum atomic E-state index is -0.119. The van der Waals surface area contributed by atoms with E-state index in [0.29, 0.717) is 25.2 Å². The Morgan fingerprint density at radius 1 is 1.06 bits per heavy atom. The molecule has 0 aliphatic heterocycles. The van der Waals surface area contributed by atoms with Gasteiger partial charge in [0.25, 0.3) is 5.56 Å². The molecule has 3 heterocycles. The highest BCUT2D eigenvalue weighted by molar-refractivity contribution is 5.81. The number of H-pyrrole nitrogens is 1. The van der Waals surface area contributed by atoms with Crippen LogP contribution in [0.2, 0.25) is 0 Å². The van der Waals surface area contributed by atoms with Crippen LogP contribution in [0, 0.1) is 6.92 Å². The number of fused-ring (bicyclic) bond motifs is 1. The van der Waals surface area contributed by atoms with E-state index in [1.54, 1.807) is 6.26 Å². The SMILES string of the molecule is CCC(c1nnnn1Cc1ccccc1)N(Cc1ccco1)Cc1cc2cccc(C)c2[nH]c1=O. The number of hydrogen-bond acceptors (Lipinski definition) is 6. The molecule has 0 amide bonds. The first-order chi connectivity index (χ1) is 17.1. The molecule has 8 heteroatoms. The van der Waals surface area contributed by atoms with Gasteiger partial charge in [0.05, 0.1) is 30.9 Å². The third-order valence-corrected chi connectivity index (χ3v) is 6.34. The molecule has 0 aliphatic carbocycles. The van der Waals surface area contributed by atoms with Crippen LogP contribution in [0.15, 0.2) is 82.2 Å². The van der Waals surface area contributed by atoms with Crippen molar-refractivity contribution in [3.8, 4) is 0 Å². The third-order valence-electron chi connectivity index (χ3n) is 6.34. The van der Waals surface area contributed by atoms with Crippen molar-refractivity contribution in [1.29, 1.82) is 0 Å². The molecule has 0 saturated heterocycles. The van der Waals surface area contributed by atoms with Crippen molar-refractivity contribution in [2.75, 3.05) is 0 Å². The highest BCUT2D eigenvalue weighted by Gasteiger charge is 2.27. The number of nitrogens with zero attached hydrogens (tertiary/aromatic N) is 5. The van der Waals surface area contributed by atoms with Crippen molar-refractivity contribution >= 4 is 10.9 Å². The zero-order valence-electron chi connectivity index (χ0n) is 19.9. The van der Waals surface area contributed by atoms with Gasteiger partial charge in [0.2, 0.25) is 0 Å². The molecular formula is C27H28N6O2. The summed E-state index contributed by atoms with van der Waals surface area (Å²) >= 11 is 0. The predicted molar refractivity (Wildman–Crippen MR) is 134 cm³/mol. The maximum Gasteiger partial charge on any atom is 0.252 e. The van der Waals surface area contributed by atoms with Crippen LogP contribution in [-0.4, -0.2) is 30.1 Å². The summed E-state index contributed by atoms with van der Waals surface area (Å²) in [6.45, 7) is 5.63. The van der Waals surface area contributed by atoms with Crippen LogP contribution < -0.4 is 5.56 Å². The lowest BCUT2D eigenvalue weighted by molar-refractivity contribution is 0.149. The van der Waals surface area contributed by atoms with Gasteiger partial charge in [0.15, 0.2) is 5.82 Å². The Morgan fingerprint density at radius 3 is 2.69 bits per heavy atom. The summed E-state index contributed by atoms with van der Waals surface area (Å²) in [5, 5.41) is 13.7. The van der Waals surface area contributed by atoms with Gasteiger partial charge in [0, 0.05) is 12.1 Å². The summed E-state index contributed by atoms with van der Waals surface area (Å²) in [6.07, 6.45) is 2.43. The van der Waals surface area contributed by atoms with Crippen LogP contribution in [0.4, 0.5) is 0 Å². The predicted octanol–water partition coefficient (Wildman–Crippen LogP) is 4.62. The van der Waals surface area contributed by atoms with E-state index < -0.39 is 0 Å². The van der Waals surface area contributed by atoms with E-state index in [9.17, 15) is 4.79 Å². The minimum Gasteiger partial charge on any atom is -0.468 e. The number of aromatic nitrogens is 5. The van der Waals surface area contributed by atoms with Crippen LogP contribution in [-0.2, 0) is 19.6 Å². The Balaban J connectivity index is 1.51. The van der Waals surface area contributed by atoms with Gasteiger partial charge in [-0.2, -0.15) is 0 Å². The molecule has 35 heavy (non-hydrogen) atoms. The van der Waals surface area contributed by atoms with Gasteiger partial charge in [0.1, 0.15) is 5.76 Å². The van der Waals surface area contributed by atoms with Gasteiger partial charge < -0.3 is 9.40 Å². The maximum atomic E-state index is 13.1. The molecule has 0 aliphatic rings. The van der Waals surface area contributed by atoms with E-state index in [-0.39, 0.29) is 11.6 Å². The number of furan rings is 1. The van der Waals surface area contributed by atoms with E-state index in [2.05, 4.69) is 44.5 Å². The van der Waals surface area contributed by atoms with Crippen molar-refractivity contribution < 1.29 is 4.42 Å². The van der Waals surface area contributed by atoms with Gasteiger partial charge in [-0.15, -0.1) is 5.10 Å². The highest BCUT2D eigenvalue weighted by Crippen LogP contribution is 2.27. The summed E-state index contributed by atoms with van der Waals surface area (Å²) in [7, 11) is 0. The molecule has 1 N–H and O–H groups in total. The quantitative estimate of drug-likeness (QED) is 0.339. The summed E-state index contributed by atoms with van der Waals surface area (Å²) in [4.78, 5) is 18.4.